The fourth-order valence-electron chi connectivity index (χ4n) is 3.11. The van der Waals surface area contributed by atoms with Crippen LogP contribution in [0.3, 0.4) is 0 Å². The fourth-order valence-corrected chi connectivity index (χ4v) is 4.29. The highest BCUT2D eigenvalue weighted by atomic mass is 32.2. The van der Waals surface area contributed by atoms with E-state index in [9.17, 15) is 0 Å². The molecule has 1 N–H and O–H groups in total. The zero-order chi connectivity index (χ0) is 18.7. The van der Waals surface area contributed by atoms with Crippen LogP contribution in [-0.2, 0) is 6.54 Å². The minimum atomic E-state index is 0.137. The average Bonchev–Trinajstić information content (AvgIpc) is 3.15. The summed E-state index contributed by atoms with van der Waals surface area (Å²) in [6.07, 6.45) is 1.06. The van der Waals surface area contributed by atoms with Gasteiger partial charge in [0.15, 0.2) is 0 Å². The van der Waals surface area contributed by atoms with Crippen LogP contribution in [0.2, 0.25) is 0 Å². The second-order valence-corrected chi connectivity index (χ2v) is 8.93. The second kappa shape index (κ2) is 7.89. The first-order valence-electron chi connectivity index (χ1n) is 9.34. The zero-order valence-electron chi connectivity index (χ0n) is 16.5. The van der Waals surface area contributed by atoms with Crippen molar-refractivity contribution in [2.75, 3.05) is 13.1 Å². The van der Waals surface area contributed by atoms with Gasteiger partial charge in [0.05, 0.1) is 17.1 Å². The van der Waals surface area contributed by atoms with Crippen molar-refractivity contribution in [2.24, 2.45) is 0 Å². The van der Waals surface area contributed by atoms with E-state index in [1.54, 1.807) is 0 Å². The lowest BCUT2D eigenvalue weighted by atomic mass is 10.1. The molecule has 26 heavy (non-hydrogen) atoms. The minimum absolute atomic E-state index is 0.137. The number of nitrogens with zero attached hydrogens (tertiary/aromatic N) is 3. The minimum Gasteiger partial charge on any atom is -0.386 e. The Morgan fingerprint density at radius 3 is 2.50 bits per heavy atom. The molecule has 140 valence electrons. The van der Waals surface area contributed by atoms with Crippen LogP contribution in [0.5, 0.6) is 0 Å². The van der Waals surface area contributed by atoms with Gasteiger partial charge < -0.3 is 5.32 Å². The number of aryl methyl sites for hydroxylation is 3. The summed E-state index contributed by atoms with van der Waals surface area (Å²) in [6, 6.07) is 12.8. The highest BCUT2D eigenvalue weighted by Gasteiger charge is 2.31. The van der Waals surface area contributed by atoms with Gasteiger partial charge in [-0.15, -0.1) is 0 Å². The molecule has 5 heteroatoms. The molecule has 1 aromatic heterocycles. The smallest absolute Gasteiger partial charge is 0.0596 e. The van der Waals surface area contributed by atoms with E-state index in [4.69, 9.17) is 0 Å². The van der Waals surface area contributed by atoms with Gasteiger partial charge in [0.2, 0.25) is 0 Å². The van der Waals surface area contributed by atoms with E-state index >= 15 is 0 Å². The normalized spacial score (nSPS) is 15.7. The van der Waals surface area contributed by atoms with Gasteiger partial charge in [-0.3, -0.25) is 4.68 Å². The Bertz CT molecular complexity index is 771. The summed E-state index contributed by atoms with van der Waals surface area (Å²) in [5, 5.41) is 8.26. The van der Waals surface area contributed by atoms with Crippen molar-refractivity contribution >= 4 is 16.9 Å². The first-order valence-corrected chi connectivity index (χ1v) is 10.1. The van der Waals surface area contributed by atoms with Gasteiger partial charge in [-0.25, -0.2) is 4.31 Å². The summed E-state index contributed by atoms with van der Waals surface area (Å²) in [7, 11) is 0. The van der Waals surface area contributed by atoms with Crippen LogP contribution in [0.4, 0.5) is 0 Å². The van der Waals surface area contributed by atoms with Crippen LogP contribution in [0, 0.1) is 13.8 Å². The van der Waals surface area contributed by atoms with Crippen LogP contribution in [0.25, 0.3) is 4.91 Å². The molecule has 0 amide bonds. The SMILES string of the molecule is Cc1cc(C)n(CCCNC2=C(c3ccccc3)SN(C(C)(C)C)C2)n1. The van der Waals surface area contributed by atoms with Gasteiger partial charge >= 0.3 is 0 Å². The van der Waals surface area contributed by atoms with Gasteiger partial charge in [0.25, 0.3) is 0 Å². The molecule has 0 bridgehead atoms. The molecule has 1 aliphatic rings. The van der Waals surface area contributed by atoms with E-state index < -0.39 is 0 Å². The third kappa shape index (κ3) is 4.51. The summed E-state index contributed by atoms with van der Waals surface area (Å²) in [6.45, 7) is 13.9. The maximum Gasteiger partial charge on any atom is 0.0596 e. The number of rotatable bonds is 6. The Kier molecular flexibility index (Phi) is 5.78. The predicted octanol–water partition coefficient (Wildman–Crippen LogP) is 4.61. The van der Waals surface area contributed by atoms with Crippen LogP contribution >= 0.6 is 11.9 Å². The quantitative estimate of drug-likeness (QED) is 0.594. The molecule has 4 nitrogen and oxygen atoms in total. The summed E-state index contributed by atoms with van der Waals surface area (Å²) >= 11 is 1.87. The fraction of sp³-hybridized carbons (Fsp3) is 0.476. The van der Waals surface area contributed by atoms with E-state index in [0.29, 0.717) is 0 Å². The van der Waals surface area contributed by atoms with E-state index in [0.717, 1.165) is 31.7 Å². The zero-order valence-corrected chi connectivity index (χ0v) is 17.4. The standard InChI is InChI=1S/C21H30N4S/c1-16-14-17(2)24(23-16)13-9-12-22-19-15-25(21(3,4)5)26-20(19)18-10-7-6-8-11-18/h6-8,10-11,14,22H,9,12-13,15H2,1-5H3. The average molecular weight is 371 g/mol. The van der Waals surface area contributed by atoms with Crippen molar-refractivity contribution < 1.29 is 0 Å². The Hall–Kier alpha value is -1.72. The van der Waals surface area contributed by atoms with Crippen molar-refractivity contribution in [3.63, 3.8) is 0 Å². The van der Waals surface area contributed by atoms with Crippen molar-refractivity contribution in [2.45, 2.75) is 53.1 Å². The topological polar surface area (TPSA) is 33.1 Å². The molecule has 1 aromatic carbocycles. The number of hydrogen-bond donors (Lipinski definition) is 1. The van der Waals surface area contributed by atoms with E-state index in [-0.39, 0.29) is 5.54 Å². The Morgan fingerprint density at radius 1 is 1.15 bits per heavy atom. The predicted molar refractivity (Wildman–Crippen MR) is 112 cm³/mol. The first-order chi connectivity index (χ1) is 12.3. The molecule has 0 unspecified atom stereocenters. The van der Waals surface area contributed by atoms with Crippen molar-refractivity contribution in [1.82, 2.24) is 19.4 Å². The van der Waals surface area contributed by atoms with Gasteiger partial charge in [-0.05, 0) is 64.6 Å². The third-order valence-corrected chi connectivity index (χ3v) is 6.11. The molecular formula is C21H30N4S. The van der Waals surface area contributed by atoms with Gasteiger partial charge in [-0.2, -0.15) is 5.10 Å². The largest absolute Gasteiger partial charge is 0.386 e. The molecule has 2 heterocycles. The van der Waals surface area contributed by atoms with Crippen molar-refractivity contribution in [3.8, 4) is 0 Å². The molecule has 0 saturated carbocycles. The third-order valence-electron chi connectivity index (χ3n) is 4.55. The highest BCUT2D eigenvalue weighted by molar-refractivity contribution is 8.06. The highest BCUT2D eigenvalue weighted by Crippen LogP contribution is 2.42. The van der Waals surface area contributed by atoms with Crippen molar-refractivity contribution in [3.05, 3.63) is 59.0 Å². The van der Waals surface area contributed by atoms with E-state index in [1.807, 2.05) is 11.9 Å². The lowest BCUT2D eigenvalue weighted by Crippen LogP contribution is -2.36. The second-order valence-electron chi connectivity index (χ2n) is 7.90. The molecule has 1 aliphatic heterocycles. The maximum atomic E-state index is 4.55. The van der Waals surface area contributed by atoms with Crippen LogP contribution < -0.4 is 5.32 Å². The molecule has 0 radical (unpaired) electrons. The molecule has 0 saturated heterocycles. The van der Waals surface area contributed by atoms with Crippen LogP contribution in [0.1, 0.15) is 44.1 Å². The lowest BCUT2D eigenvalue weighted by Gasteiger charge is -2.30. The van der Waals surface area contributed by atoms with Crippen molar-refractivity contribution in [1.29, 1.82) is 0 Å². The number of benzene rings is 1. The van der Waals surface area contributed by atoms with Crippen LogP contribution in [-0.4, -0.2) is 32.7 Å². The molecule has 0 aliphatic carbocycles. The van der Waals surface area contributed by atoms with E-state index in [1.165, 1.54) is 21.9 Å². The molecule has 0 fully saturated rings. The molecular weight excluding hydrogens is 340 g/mol. The number of nitrogens with one attached hydrogen (secondary N) is 1. The molecule has 3 rings (SSSR count). The maximum absolute atomic E-state index is 4.55. The molecule has 2 aromatic rings. The number of hydrogen-bond acceptors (Lipinski definition) is 4. The lowest BCUT2D eigenvalue weighted by molar-refractivity contribution is 0.293. The Balaban J connectivity index is 1.65. The Labute approximate surface area is 161 Å². The van der Waals surface area contributed by atoms with Gasteiger partial charge in [0, 0.05) is 30.0 Å². The van der Waals surface area contributed by atoms with Crippen LogP contribution in [0.15, 0.2) is 42.1 Å². The summed E-state index contributed by atoms with van der Waals surface area (Å²) < 4.78 is 4.56. The monoisotopic (exact) mass is 370 g/mol. The summed E-state index contributed by atoms with van der Waals surface area (Å²) in [5.74, 6) is 0. The molecule has 0 spiro atoms. The van der Waals surface area contributed by atoms with Gasteiger partial charge in [-0.1, -0.05) is 30.3 Å². The molecule has 0 atom stereocenters. The first kappa shape index (κ1) is 19.1. The summed E-state index contributed by atoms with van der Waals surface area (Å²) in [4.78, 5) is 1.35. The van der Waals surface area contributed by atoms with Gasteiger partial charge in [0.1, 0.15) is 0 Å². The summed E-state index contributed by atoms with van der Waals surface area (Å²) in [5.41, 5.74) is 5.10. The Morgan fingerprint density at radius 2 is 1.88 bits per heavy atom. The number of aromatic nitrogens is 2. The van der Waals surface area contributed by atoms with E-state index in [2.05, 4.69) is 90.4 Å².